The number of hydrogen-bond donors (Lipinski definition) is 0. The molecule has 0 fully saturated rings. The predicted molar refractivity (Wildman–Crippen MR) is 71.2 cm³/mol. The second-order valence-electron chi connectivity index (χ2n) is 4.81. The summed E-state index contributed by atoms with van der Waals surface area (Å²) in [4.78, 5) is 0. The molecule has 0 heteroatoms. The lowest BCUT2D eigenvalue weighted by molar-refractivity contribution is 0.734. The summed E-state index contributed by atoms with van der Waals surface area (Å²) in [5.41, 5.74) is 7.02. The fourth-order valence-electron chi connectivity index (χ4n) is 2.20. The first kappa shape index (κ1) is 11.2. The van der Waals surface area contributed by atoms with Crippen LogP contribution in [0.1, 0.15) is 42.9 Å². The molecule has 1 atom stereocenters. The number of fused-ring (bicyclic) bond motifs is 1. The summed E-state index contributed by atoms with van der Waals surface area (Å²) in [5, 5.41) is 0. The lowest BCUT2D eigenvalue weighted by Crippen LogP contribution is -1.88. The summed E-state index contributed by atoms with van der Waals surface area (Å²) in [6, 6.07) is 11.4. The van der Waals surface area contributed by atoms with Gasteiger partial charge in [0.05, 0.1) is 0 Å². The first-order valence-electron chi connectivity index (χ1n) is 6.13. The van der Waals surface area contributed by atoms with Crippen molar-refractivity contribution in [1.29, 1.82) is 0 Å². The standard InChI is InChI=1S/C16H20/c1-5-11(2)14-8-6-12(3)15-9-7-13(4)16(15)10-14/h6-11H,5H2,1-4H3. The molecule has 0 amide bonds. The predicted octanol–water partition coefficient (Wildman–Crippen LogP) is 4.92. The van der Waals surface area contributed by atoms with Crippen LogP contribution in [0.2, 0.25) is 0 Å². The van der Waals surface area contributed by atoms with Gasteiger partial charge in [-0.2, -0.15) is 0 Å². The summed E-state index contributed by atoms with van der Waals surface area (Å²) >= 11 is 0. The Labute approximate surface area is 98.7 Å². The van der Waals surface area contributed by atoms with Gasteiger partial charge in [0, 0.05) is 0 Å². The molecule has 0 bridgehead atoms. The minimum atomic E-state index is 0.643. The number of hydrogen-bond acceptors (Lipinski definition) is 0. The van der Waals surface area contributed by atoms with Gasteiger partial charge in [0.15, 0.2) is 0 Å². The van der Waals surface area contributed by atoms with Crippen molar-refractivity contribution in [1.82, 2.24) is 0 Å². The van der Waals surface area contributed by atoms with Gasteiger partial charge in [-0.05, 0) is 54.0 Å². The zero-order valence-corrected chi connectivity index (χ0v) is 10.7. The van der Waals surface area contributed by atoms with Crippen molar-refractivity contribution >= 4 is 0 Å². The lowest BCUT2D eigenvalue weighted by Gasteiger charge is -2.07. The molecule has 0 aliphatic heterocycles. The van der Waals surface area contributed by atoms with E-state index in [1.807, 2.05) is 0 Å². The summed E-state index contributed by atoms with van der Waals surface area (Å²) in [7, 11) is 0. The van der Waals surface area contributed by atoms with Crippen molar-refractivity contribution in [3.8, 4) is 11.1 Å². The molecule has 0 aromatic heterocycles. The van der Waals surface area contributed by atoms with Crippen molar-refractivity contribution in [2.24, 2.45) is 0 Å². The monoisotopic (exact) mass is 212 g/mol. The Hall–Kier alpha value is -1.30. The van der Waals surface area contributed by atoms with Crippen LogP contribution in [0.25, 0.3) is 11.1 Å². The van der Waals surface area contributed by atoms with Crippen LogP contribution < -0.4 is 0 Å². The third-order valence-corrected chi connectivity index (χ3v) is 3.66. The molecule has 2 rings (SSSR count). The van der Waals surface area contributed by atoms with Gasteiger partial charge in [-0.3, -0.25) is 0 Å². The van der Waals surface area contributed by atoms with E-state index in [1.54, 1.807) is 0 Å². The maximum Gasteiger partial charge on any atom is -0.0149 e. The fraction of sp³-hybridized carbons (Fsp3) is 0.375. The first-order chi connectivity index (χ1) is 7.63. The average Bonchev–Trinajstić information content (AvgIpc) is 2.55. The number of aryl methyl sites for hydroxylation is 2. The van der Waals surface area contributed by atoms with Crippen LogP contribution in [0, 0.1) is 13.8 Å². The zero-order valence-electron chi connectivity index (χ0n) is 10.7. The van der Waals surface area contributed by atoms with E-state index >= 15 is 0 Å². The highest BCUT2D eigenvalue weighted by atomic mass is 14.1. The maximum absolute atomic E-state index is 2.37. The van der Waals surface area contributed by atoms with Crippen molar-refractivity contribution in [2.75, 3.05) is 0 Å². The van der Waals surface area contributed by atoms with Crippen LogP contribution in [0.3, 0.4) is 0 Å². The summed E-state index contributed by atoms with van der Waals surface area (Å²) < 4.78 is 0. The molecule has 0 aromatic rings. The largest absolute Gasteiger partial charge is 0.0648 e. The highest BCUT2D eigenvalue weighted by Gasteiger charge is 2.10. The molecule has 1 unspecified atom stereocenters. The Morgan fingerprint density at radius 1 is 0.938 bits per heavy atom. The van der Waals surface area contributed by atoms with E-state index in [1.165, 1.54) is 34.2 Å². The Bertz CT molecular complexity index is 468. The molecule has 0 saturated carbocycles. The molecule has 16 heavy (non-hydrogen) atoms. The topological polar surface area (TPSA) is 0 Å². The van der Waals surface area contributed by atoms with Gasteiger partial charge in [-0.25, -0.2) is 0 Å². The van der Waals surface area contributed by atoms with Crippen LogP contribution in [-0.4, -0.2) is 0 Å². The minimum Gasteiger partial charge on any atom is -0.0648 e. The third kappa shape index (κ3) is 1.84. The average molecular weight is 212 g/mol. The van der Waals surface area contributed by atoms with Crippen LogP contribution in [-0.2, 0) is 0 Å². The van der Waals surface area contributed by atoms with Crippen LogP contribution in [0.15, 0.2) is 30.3 Å². The number of rotatable bonds is 2. The van der Waals surface area contributed by atoms with E-state index in [0.29, 0.717) is 5.92 Å². The Morgan fingerprint density at radius 3 is 2.25 bits per heavy atom. The Kier molecular flexibility index (Phi) is 3.00. The normalized spacial score (nSPS) is 13.0. The van der Waals surface area contributed by atoms with E-state index in [9.17, 15) is 0 Å². The van der Waals surface area contributed by atoms with Gasteiger partial charge in [0.1, 0.15) is 0 Å². The van der Waals surface area contributed by atoms with E-state index in [0.717, 1.165) is 0 Å². The highest BCUT2D eigenvalue weighted by Crippen LogP contribution is 2.32. The van der Waals surface area contributed by atoms with Crippen LogP contribution >= 0.6 is 0 Å². The smallest absolute Gasteiger partial charge is 0.0149 e. The van der Waals surface area contributed by atoms with Gasteiger partial charge in [-0.15, -0.1) is 0 Å². The maximum atomic E-state index is 2.37. The van der Waals surface area contributed by atoms with E-state index in [2.05, 4.69) is 58.0 Å². The van der Waals surface area contributed by atoms with Gasteiger partial charge >= 0.3 is 0 Å². The zero-order chi connectivity index (χ0) is 11.7. The molecular formula is C16H20. The van der Waals surface area contributed by atoms with Gasteiger partial charge in [-0.1, -0.05) is 44.2 Å². The van der Waals surface area contributed by atoms with Crippen molar-refractivity contribution < 1.29 is 0 Å². The molecule has 2 aliphatic carbocycles. The van der Waals surface area contributed by atoms with Crippen molar-refractivity contribution in [3.05, 3.63) is 47.0 Å². The molecule has 84 valence electrons. The minimum absolute atomic E-state index is 0.643. The SMILES string of the molecule is CCC(C)c1ccc(C)c2ccc(C)c-2c1. The van der Waals surface area contributed by atoms with E-state index in [4.69, 9.17) is 0 Å². The van der Waals surface area contributed by atoms with Gasteiger partial charge in [0.2, 0.25) is 0 Å². The Morgan fingerprint density at radius 2 is 1.56 bits per heavy atom. The molecule has 0 spiro atoms. The molecule has 0 nitrogen and oxygen atoms in total. The second-order valence-corrected chi connectivity index (χ2v) is 4.81. The van der Waals surface area contributed by atoms with Crippen molar-refractivity contribution in [3.63, 3.8) is 0 Å². The Balaban J connectivity index is 2.63. The molecule has 0 N–H and O–H groups in total. The highest BCUT2D eigenvalue weighted by molar-refractivity contribution is 5.73. The van der Waals surface area contributed by atoms with Gasteiger partial charge in [0.25, 0.3) is 0 Å². The molecule has 0 heterocycles. The van der Waals surface area contributed by atoms with Crippen LogP contribution in [0.4, 0.5) is 0 Å². The van der Waals surface area contributed by atoms with E-state index < -0.39 is 0 Å². The fourth-order valence-corrected chi connectivity index (χ4v) is 2.20. The molecule has 0 radical (unpaired) electrons. The van der Waals surface area contributed by atoms with Gasteiger partial charge < -0.3 is 0 Å². The summed E-state index contributed by atoms with van der Waals surface area (Å²) in [6.07, 6.45) is 1.20. The summed E-state index contributed by atoms with van der Waals surface area (Å²) in [5.74, 6) is 0.643. The quantitative estimate of drug-likeness (QED) is 0.662. The summed E-state index contributed by atoms with van der Waals surface area (Å²) in [6.45, 7) is 8.94. The lowest BCUT2D eigenvalue weighted by atomic mass is 9.98. The molecule has 0 saturated heterocycles. The van der Waals surface area contributed by atoms with Crippen molar-refractivity contribution in [2.45, 2.75) is 40.0 Å². The molecule has 0 aromatic carbocycles. The second kappa shape index (κ2) is 4.29. The molecular weight excluding hydrogens is 192 g/mol. The first-order valence-corrected chi connectivity index (χ1v) is 6.13. The molecule has 2 aliphatic rings. The van der Waals surface area contributed by atoms with E-state index in [-0.39, 0.29) is 0 Å². The third-order valence-electron chi connectivity index (χ3n) is 3.66. The van der Waals surface area contributed by atoms with Crippen LogP contribution in [0.5, 0.6) is 0 Å².